The topological polar surface area (TPSA) is 83.6 Å². The van der Waals surface area contributed by atoms with Gasteiger partial charge in [0.2, 0.25) is 5.13 Å². The summed E-state index contributed by atoms with van der Waals surface area (Å²) in [4.78, 5) is 18.7. The van der Waals surface area contributed by atoms with Crippen molar-refractivity contribution < 1.29 is 0 Å². The Labute approximate surface area is 125 Å². The predicted molar refractivity (Wildman–Crippen MR) is 82.5 cm³/mol. The fourth-order valence-electron chi connectivity index (χ4n) is 1.60. The third kappa shape index (κ3) is 4.31. The van der Waals surface area contributed by atoms with Gasteiger partial charge in [0.1, 0.15) is 5.01 Å². The lowest BCUT2D eigenvalue weighted by atomic mass is 10.2. The molecule has 6 nitrogen and oxygen atoms in total. The van der Waals surface area contributed by atoms with Crippen molar-refractivity contribution >= 4 is 28.2 Å². The molecule has 20 heavy (non-hydrogen) atoms. The molecule has 0 saturated heterocycles. The van der Waals surface area contributed by atoms with Gasteiger partial charge in [0.05, 0.1) is 5.75 Å². The highest BCUT2D eigenvalue weighted by molar-refractivity contribution is 7.98. The van der Waals surface area contributed by atoms with Gasteiger partial charge in [-0.1, -0.05) is 36.4 Å². The van der Waals surface area contributed by atoms with Gasteiger partial charge in [0.15, 0.2) is 5.16 Å². The summed E-state index contributed by atoms with van der Waals surface area (Å²) in [6.07, 6.45) is 1.80. The lowest BCUT2D eigenvalue weighted by Gasteiger charge is -2.01. The molecule has 0 aliphatic heterocycles. The molecule has 108 valence electrons. The van der Waals surface area contributed by atoms with Crippen LogP contribution >= 0.6 is 23.1 Å². The Morgan fingerprint density at radius 2 is 2.25 bits per heavy atom. The van der Waals surface area contributed by atoms with E-state index in [1.807, 2.05) is 6.92 Å². The number of aromatic nitrogens is 4. The fourth-order valence-corrected chi connectivity index (χ4v) is 3.29. The quantitative estimate of drug-likeness (QED) is 0.603. The molecule has 2 rings (SSSR count). The Morgan fingerprint density at radius 1 is 1.40 bits per heavy atom. The Bertz CT molecular complexity index is 610. The number of aromatic amines is 1. The highest BCUT2D eigenvalue weighted by Gasteiger charge is 2.06. The highest BCUT2D eigenvalue weighted by Crippen LogP contribution is 2.23. The number of thioether (sulfide) groups is 1. The largest absolute Gasteiger partial charge is 0.360 e. The smallest absolute Gasteiger partial charge is 0.251 e. The van der Waals surface area contributed by atoms with Crippen molar-refractivity contribution in [3.8, 4) is 0 Å². The van der Waals surface area contributed by atoms with Crippen molar-refractivity contribution in [2.24, 2.45) is 0 Å². The van der Waals surface area contributed by atoms with Gasteiger partial charge < -0.3 is 10.3 Å². The molecule has 2 N–H and O–H groups in total. The number of nitrogens with zero attached hydrogens (tertiary/aromatic N) is 3. The maximum atomic E-state index is 11.5. The molecular weight excluding hydrogens is 294 g/mol. The van der Waals surface area contributed by atoms with E-state index in [0.29, 0.717) is 10.9 Å². The van der Waals surface area contributed by atoms with Gasteiger partial charge in [-0.2, -0.15) is 0 Å². The van der Waals surface area contributed by atoms with Gasteiger partial charge in [-0.05, 0) is 13.3 Å². The summed E-state index contributed by atoms with van der Waals surface area (Å²) in [5, 5.41) is 13.6. The number of hydrogen-bond acceptors (Lipinski definition) is 7. The minimum atomic E-state index is -0.100. The van der Waals surface area contributed by atoms with E-state index in [2.05, 4.69) is 32.4 Å². The second kappa shape index (κ2) is 7.39. The molecule has 0 unspecified atom stereocenters. The van der Waals surface area contributed by atoms with E-state index < -0.39 is 0 Å². The second-order valence-electron chi connectivity index (χ2n) is 4.11. The molecule has 0 radical (unpaired) electrons. The Hall–Kier alpha value is -1.41. The molecule has 0 spiro atoms. The van der Waals surface area contributed by atoms with Crippen molar-refractivity contribution in [1.29, 1.82) is 0 Å². The van der Waals surface area contributed by atoms with E-state index in [1.54, 1.807) is 6.07 Å². The third-order valence-electron chi connectivity index (χ3n) is 2.41. The average molecular weight is 311 g/mol. The van der Waals surface area contributed by atoms with Crippen LogP contribution in [0.4, 0.5) is 5.13 Å². The first-order valence-corrected chi connectivity index (χ1v) is 8.30. The summed E-state index contributed by atoms with van der Waals surface area (Å²) < 4.78 is 0. The van der Waals surface area contributed by atoms with E-state index in [-0.39, 0.29) is 5.56 Å². The molecule has 0 bridgehead atoms. The SMILES string of the molecule is CCCc1cc(=O)[nH]c(SCc2nnc(NCC)s2)n1. The Kier molecular flexibility index (Phi) is 5.54. The first-order valence-electron chi connectivity index (χ1n) is 6.50. The maximum Gasteiger partial charge on any atom is 0.251 e. The minimum absolute atomic E-state index is 0.100. The molecule has 0 aliphatic rings. The molecule has 0 aliphatic carbocycles. The van der Waals surface area contributed by atoms with Crippen molar-refractivity contribution in [3.05, 3.63) is 27.1 Å². The van der Waals surface area contributed by atoms with Gasteiger partial charge in [-0.15, -0.1) is 10.2 Å². The summed E-state index contributed by atoms with van der Waals surface area (Å²) >= 11 is 2.99. The van der Waals surface area contributed by atoms with Crippen LogP contribution in [0.3, 0.4) is 0 Å². The van der Waals surface area contributed by atoms with E-state index >= 15 is 0 Å². The molecule has 2 aromatic heterocycles. The molecule has 8 heteroatoms. The van der Waals surface area contributed by atoms with Gasteiger partial charge >= 0.3 is 0 Å². The molecule has 0 saturated carbocycles. The summed E-state index contributed by atoms with van der Waals surface area (Å²) in [5.74, 6) is 0.654. The van der Waals surface area contributed by atoms with Crippen LogP contribution < -0.4 is 10.9 Å². The molecule has 0 aromatic carbocycles. The van der Waals surface area contributed by atoms with Crippen LogP contribution in [0.5, 0.6) is 0 Å². The fraction of sp³-hybridized carbons (Fsp3) is 0.500. The summed E-state index contributed by atoms with van der Waals surface area (Å²) in [7, 11) is 0. The van der Waals surface area contributed by atoms with Gasteiger partial charge in [-0.3, -0.25) is 4.79 Å². The Balaban J connectivity index is 2.00. The average Bonchev–Trinajstić information content (AvgIpc) is 2.84. The normalized spacial score (nSPS) is 10.7. The zero-order valence-corrected chi connectivity index (χ0v) is 13.1. The van der Waals surface area contributed by atoms with Crippen molar-refractivity contribution in [2.75, 3.05) is 11.9 Å². The molecule has 0 fully saturated rings. The molecular formula is C12H17N5OS2. The zero-order valence-electron chi connectivity index (χ0n) is 11.5. The standard InChI is InChI=1S/C12H17N5OS2/c1-3-5-8-6-9(18)15-12(14-8)19-7-10-16-17-11(20-10)13-4-2/h6H,3-5,7H2,1-2H3,(H,13,17)(H,14,15,18). The van der Waals surface area contributed by atoms with Crippen LogP contribution in [-0.2, 0) is 12.2 Å². The number of nitrogens with one attached hydrogen (secondary N) is 2. The summed E-state index contributed by atoms with van der Waals surface area (Å²) in [6.45, 7) is 4.92. The van der Waals surface area contributed by atoms with Crippen molar-refractivity contribution in [2.45, 2.75) is 37.6 Å². The van der Waals surface area contributed by atoms with Crippen LogP contribution in [0.25, 0.3) is 0 Å². The van der Waals surface area contributed by atoms with E-state index in [4.69, 9.17) is 0 Å². The number of H-pyrrole nitrogens is 1. The van der Waals surface area contributed by atoms with Gasteiger partial charge in [0.25, 0.3) is 5.56 Å². The second-order valence-corrected chi connectivity index (χ2v) is 6.14. The molecule has 2 heterocycles. The lowest BCUT2D eigenvalue weighted by molar-refractivity contribution is 0.815. The highest BCUT2D eigenvalue weighted by atomic mass is 32.2. The van der Waals surface area contributed by atoms with E-state index in [0.717, 1.165) is 35.2 Å². The van der Waals surface area contributed by atoms with Gasteiger partial charge in [0, 0.05) is 18.3 Å². The Morgan fingerprint density at radius 3 is 3.00 bits per heavy atom. The van der Waals surface area contributed by atoms with Gasteiger partial charge in [-0.25, -0.2) is 4.98 Å². The third-order valence-corrected chi connectivity index (χ3v) is 4.35. The first-order chi connectivity index (χ1) is 9.71. The number of hydrogen-bond donors (Lipinski definition) is 2. The number of rotatable bonds is 7. The monoisotopic (exact) mass is 311 g/mol. The number of aryl methyl sites for hydroxylation is 1. The van der Waals surface area contributed by atoms with Crippen LogP contribution in [-0.4, -0.2) is 26.7 Å². The maximum absolute atomic E-state index is 11.5. The van der Waals surface area contributed by atoms with Crippen molar-refractivity contribution in [1.82, 2.24) is 20.2 Å². The number of anilines is 1. The zero-order chi connectivity index (χ0) is 14.4. The lowest BCUT2D eigenvalue weighted by Crippen LogP contribution is -2.09. The van der Waals surface area contributed by atoms with Crippen LogP contribution in [0, 0.1) is 0 Å². The van der Waals surface area contributed by atoms with Crippen LogP contribution in [0.2, 0.25) is 0 Å². The summed E-state index contributed by atoms with van der Waals surface area (Å²) in [6, 6.07) is 1.56. The van der Waals surface area contributed by atoms with Crippen molar-refractivity contribution in [3.63, 3.8) is 0 Å². The molecule has 2 aromatic rings. The van der Waals surface area contributed by atoms with E-state index in [9.17, 15) is 4.79 Å². The first kappa shape index (κ1) is 15.0. The predicted octanol–water partition coefficient (Wildman–Crippen LogP) is 2.30. The van der Waals surface area contributed by atoms with Crippen LogP contribution in [0.1, 0.15) is 31.0 Å². The van der Waals surface area contributed by atoms with Crippen LogP contribution in [0.15, 0.2) is 16.0 Å². The summed E-state index contributed by atoms with van der Waals surface area (Å²) in [5.41, 5.74) is 0.737. The molecule has 0 atom stereocenters. The minimum Gasteiger partial charge on any atom is -0.360 e. The van der Waals surface area contributed by atoms with E-state index in [1.165, 1.54) is 23.1 Å². The molecule has 0 amide bonds.